The lowest BCUT2D eigenvalue weighted by Crippen LogP contribution is -2.07. The molecule has 1 aliphatic heterocycles. The summed E-state index contributed by atoms with van der Waals surface area (Å²) in [7, 11) is 0. The number of nitrogen functional groups attached to an aromatic ring is 2. The number of fused-ring (bicyclic) bond motifs is 3. The van der Waals surface area contributed by atoms with Gasteiger partial charge in [0.1, 0.15) is 5.52 Å². The highest BCUT2D eigenvalue weighted by molar-refractivity contribution is 5.85. The van der Waals surface area contributed by atoms with Crippen LogP contribution < -0.4 is 21.5 Å². The minimum atomic E-state index is 0.145. The van der Waals surface area contributed by atoms with E-state index in [2.05, 4.69) is 26.3 Å². The Kier molecular flexibility index (Phi) is 3.33. The summed E-state index contributed by atoms with van der Waals surface area (Å²) in [5.74, 6) is 2.03. The largest absolute Gasteiger partial charge is 0.453 e. The summed E-state index contributed by atoms with van der Waals surface area (Å²) in [4.78, 5) is 12.8. The van der Waals surface area contributed by atoms with Gasteiger partial charge in [0.25, 0.3) is 0 Å². The first kappa shape index (κ1) is 15.4. The molecule has 5 rings (SSSR count). The first-order valence-electron chi connectivity index (χ1n) is 8.52. The molecule has 0 amide bonds. The number of ether oxygens (including phenoxy) is 1. The van der Waals surface area contributed by atoms with E-state index in [1.807, 2.05) is 48.5 Å². The fourth-order valence-corrected chi connectivity index (χ4v) is 3.25. The minimum Gasteiger partial charge on any atom is -0.453 e. The van der Waals surface area contributed by atoms with Crippen molar-refractivity contribution in [2.45, 2.75) is 6.42 Å². The van der Waals surface area contributed by atoms with Crippen LogP contribution in [-0.4, -0.2) is 15.0 Å². The molecule has 0 aliphatic carbocycles. The van der Waals surface area contributed by atoms with Gasteiger partial charge in [-0.15, -0.1) is 0 Å². The average Bonchev–Trinajstić information content (AvgIpc) is 2.67. The molecule has 5 N–H and O–H groups in total. The molecule has 132 valence electrons. The second kappa shape index (κ2) is 5.84. The summed E-state index contributed by atoms with van der Waals surface area (Å²) in [6.45, 7) is 0. The molecular weight excluding hydrogens is 340 g/mol. The number of anilines is 4. The lowest BCUT2D eigenvalue weighted by atomic mass is 10.0. The van der Waals surface area contributed by atoms with Crippen molar-refractivity contribution in [1.82, 2.24) is 15.0 Å². The van der Waals surface area contributed by atoms with E-state index in [-0.39, 0.29) is 11.8 Å². The van der Waals surface area contributed by atoms with Gasteiger partial charge in [0, 0.05) is 12.1 Å². The lowest BCUT2D eigenvalue weighted by molar-refractivity contribution is 0.480. The van der Waals surface area contributed by atoms with Crippen LogP contribution in [0.25, 0.3) is 11.0 Å². The molecule has 0 saturated carbocycles. The summed E-state index contributed by atoms with van der Waals surface area (Å²) in [5.41, 5.74) is 16.6. The Morgan fingerprint density at radius 1 is 0.852 bits per heavy atom. The van der Waals surface area contributed by atoms with Crippen molar-refractivity contribution in [2.75, 3.05) is 16.8 Å². The molecule has 27 heavy (non-hydrogen) atoms. The van der Waals surface area contributed by atoms with E-state index in [0.717, 1.165) is 34.1 Å². The number of hydrogen-bond donors (Lipinski definition) is 3. The number of benzene rings is 2. The first-order chi connectivity index (χ1) is 13.2. The molecule has 0 atom stereocenters. The average molecular weight is 356 g/mol. The molecule has 1 aliphatic rings. The summed E-state index contributed by atoms with van der Waals surface area (Å²) < 4.78 is 6.02. The molecule has 0 spiro atoms. The van der Waals surface area contributed by atoms with Crippen LogP contribution in [0.2, 0.25) is 0 Å². The van der Waals surface area contributed by atoms with Crippen LogP contribution in [0.4, 0.5) is 23.1 Å². The van der Waals surface area contributed by atoms with E-state index in [1.165, 1.54) is 0 Å². The third-order valence-corrected chi connectivity index (χ3v) is 4.49. The normalized spacial score (nSPS) is 12.0. The van der Waals surface area contributed by atoms with Crippen LogP contribution in [0.15, 0.2) is 54.6 Å². The Balaban J connectivity index is 1.53. The number of nitrogens with two attached hydrogens (primary N) is 2. The standard InChI is InChI=1S/C20H16N6O/c21-19-18-14(25-20(22)26-19)9-8-12(23-18)10-11-4-3-7-16-17(11)24-13-5-1-2-6-15(13)27-16/h1-9,24H,10H2,(H4,21,22,25,26). The molecule has 0 unspecified atom stereocenters. The fourth-order valence-electron chi connectivity index (χ4n) is 3.25. The topological polar surface area (TPSA) is 112 Å². The SMILES string of the molecule is Nc1nc(N)c2nc(Cc3cccc4c3Nc3ccccc3O4)ccc2n1. The maximum Gasteiger partial charge on any atom is 0.222 e. The van der Waals surface area contributed by atoms with Gasteiger partial charge < -0.3 is 21.5 Å². The zero-order chi connectivity index (χ0) is 18.4. The van der Waals surface area contributed by atoms with Crippen molar-refractivity contribution in [2.24, 2.45) is 0 Å². The van der Waals surface area contributed by atoms with E-state index in [1.54, 1.807) is 0 Å². The Morgan fingerprint density at radius 2 is 1.70 bits per heavy atom. The lowest BCUT2D eigenvalue weighted by Gasteiger charge is -2.23. The van der Waals surface area contributed by atoms with E-state index < -0.39 is 0 Å². The summed E-state index contributed by atoms with van der Waals surface area (Å²) in [6, 6.07) is 17.6. The van der Waals surface area contributed by atoms with Crippen molar-refractivity contribution in [3.63, 3.8) is 0 Å². The highest BCUT2D eigenvalue weighted by atomic mass is 16.5. The van der Waals surface area contributed by atoms with Gasteiger partial charge in [-0.3, -0.25) is 0 Å². The van der Waals surface area contributed by atoms with E-state index in [0.29, 0.717) is 17.5 Å². The Morgan fingerprint density at radius 3 is 2.63 bits per heavy atom. The first-order valence-corrected chi connectivity index (χ1v) is 8.52. The fraction of sp³-hybridized carbons (Fsp3) is 0.0500. The molecule has 0 bridgehead atoms. The zero-order valence-corrected chi connectivity index (χ0v) is 14.3. The van der Waals surface area contributed by atoms with Gasteiger partial charge in [0.15, 0.2) is 17.3 Å². The maximum atomic E-state index is 6.02. The summed E-state index contributed by atoms with van der Waals surface area (Å²) in [5, 5.41) is 3.47. The van der Waals surface area contributed by atoms with Crippen molar-refractivity contribution < 1.29 is 4.74 Å². The van der Waals surface area contributed by atoms with Gasteiger partial charge in [-0.2, -0.15) is 4.98 Å². The molecule has 7 nitrogen and oxygen atoms in total. The van der Waals surface area contributed by atoms with Crippen LogP contribution in [0.5, 0.6) is 11.5 Å². The molecule has 4 aromatic rings. The van der Waals surface area contributed by atoms with Gasteiger partial charge >= 0.3 is 0 Å². The number of hydrogen-bond acceptors (Lipinski definition) is 7. The molecule has 7 heteroatoms. The quantitative estimate of drug-likeness (QED) is 0.443. The number of nitrogens with one attached hydrogen (secondary N) is 1. The molecule has 2 aromatic heterocycles. The van der Waals surface area contributed by atoms with Gasteiger partial charge in [-0.25, -0.2) is 9.97 Å². The smallest absolute Gasteiger partial charge is 0.222 e. The van der Waals surface area contributed by atoms with E-state index >= 15 is 0 Å². The Labute approximate surface area is 155 Å². The predicted octanol–water partition coefficient (Wildman–Crippen LogP) is 3.63. The molecule has 0 saturated heterocycles. The van der Waals surface area contributed by atoms with Crippen LogP contribution >= 0.6 is 0 Å². The van der Waals surface area contributed by atoms with E-state index in [4.69, 9.17) is 16.2 Å². The van der Waals surface area contributed by atoms with Gasteiger partial charge in [0.05, 0.1) is 16.9 Å². The second-order valence-corrected chi connectivity index (χ2v) is 6.33. The third kappa shape index (κ3) is 2.65. The molecular formula is C20H16N6O. The van der Waals surface area contributed by atoms with Gasteiger partial charge in [-0.1, -0.05) is 24.3 Å². The molecule has 0 fully saturated rings. The number of pyridine rings is 1. The van der Waals surface area contributed by atoms with Crippen LogP contribution in [-0.2, 0) is 6.42 Å². The van der Waals surface area contributed by atoms with E-state index in [9.17, 15) is 0 Å². The highest BCUT2D eigenvalue weighted by Crippen LogP contribution is 2.43. The van der Waals surface area contributed by atoms with Crippen molar-refractivity contribution in [3.05, 3.63) is 65.9 Å². The van der Waals surface area contributed by atoms with Crippen molar-refractivity contribution in [1.29, 1.82) is 0 Å². The second-order valence-electron chi connectivity index (χ2n) is 6.33. The van der Waals surface area contributed by atoms with Crippen LogP contribution in [0, 0.1) is 0 Å². The van der Waals surface area contributed by atoms with Gasteiger partial charge in [0.2, 0.25) is 5.95 Å². The van der Waals surface area contributed by atoms with Crippen LogP contribution in [0.1, 0.15) is 11.3 Å². The summed E-state index contributed by atoms with van der Waals surface area (Å²) >= 11 is 0. The number of rotatable bonds is 2. The third-order valence-electron chi connectivity index (χ3n) is 4.49. The Bertz CT molecular complexity index is 1190. The minimum absolute atomic E-state index is 0.145. The van der Waals surface area contributed by atoms with Crippen molar-refractivity contribution >= 4 is 34.2 Å². The van der Waals surface area contributed by atoms with Crippen LogP contribution in [0.3, 0.4) is 0 Å². The number of aromatic nitrogens is 3. The highest BCUT2D eigenvalue weighted by Gasteiger charge is 2.19. The maximum absolute atomic E-state index is 6.02. The zero-order valence-electron chi connectivity index (χ0n) is 14.3. The Hall–Kier alpha value is -3.87. The molecule has 0 radical (unpaired) electrons. The predicted molar refractivity (Wildman–Crippen MR) is 105 cm³/mol. The number of para-hydroxylation sites is 3. The number of nitrogens with zero attached hydrogens (tertiary/aromatic N) is 3. The molecule has 2 aromatic carbocycles. The molecule has 3 heterocycles. The summed E-state index contributed by atoms with van der Waals surface area (Å²) in [6.07, 6.45) is 0.613. The van der Waals surface area contributed by atoms with Crippen molar-refractivity contribution in [3.8, 4) is 11.5 Å². The monoisotopic (exact) mass is 356 g/mol. The van der Waals surface area contributed by atoms with Gasteiger partial charge in [-0.05, 0) is 35.9 Å².